The molecule has 0 bridgehead atoms. The van der Waals surface area contributed by atoms with Gasteiger partial charge < -0.3 is 5.32 Å². The lowest BCUT2D eigenvalue weighted by atomic mass is 10.1. The van der Waals surface area contributed by atoms with Crippen LogP contribution in [0, 0.1) is 0 Å². The van der Waals surface area contributed by atoms with Crippen LogP contribution in [0.4, 0.5) is 0 Å². The smallest absolute Gasteiger partial charge is 0.165 e. The molecule has 6 heteroatoms. The SMILES string of the molecule is Clc1ccc(-n2c(CC3CCCN3)nc3cccnc32)s1. The van der Waals surface area contributed by atoms with Gasteiger partial charge in [-0.15, -0.1) is 11.3 Å². The molecule has 3 aromatic rings. The molecule has 0 aromatic carbocycles. The number of nitrogens with one attached hydrogen (secondary N) is 1. The van der Waals surface area contributed by atoms with Crippen LogP contribution in [0.2, 0.25) is 4.34 Å². The quantitative estimate of drug-likeness (QED) is 0.804. The second kappa shape index (κ2) is 5.40. The Hall–Kier alpha value is -1.43. The van der Waals surface area contributed by atoms with E-state index in [0.717, 1.165) is 39.3 Å². The topological polar surface area (TPSA) is 42.7 Å². The van der Waals surface area contributed by atoms with Crippen LogP contribution < -0.4 is 5.32 Å². The fourth-order valence-electron chi connectivity index (χ4n) is 2.90. The van der Waals surface area contributed by atoms with E-state index in [4.69, 9.17) is 16.6 Å². The molecule has 1 N–H and O–H groups in total. The molecule has 0 radical (unpaired) electrons. The van der Waals surface area contributed by atoms with Crippen molar-refractivity contribution < 1.29 is 0 Å². The molecule has 1 aliphatic rings. The number of fused-ring (bicyclic) bond motifs is 1. The number of halogens is 1. The highest BCUT2D eigenvalue weighted by Crippen LogP contribution is 2.29. The van der Waals surface area contributed by atoms with E-state index in [1.165, 1.54) is 12.8 Å². The van der Waals surface area contributed by atoms with Crippen LogP contribution in [0.3, 0.4) is 0 Å². The van der Waals surface area contributed by atoms with Gasteiger partial charge in [0.1, 0.15) is 16.3 Å². The van der Waals surface area contributed by atoms with E-state index in [-0.39, 0.29) is 0 Å². The Morgan fingerprint density at radius 1 is 1.38 bits per heavy atom. The number of thiophene rings is 1. The first-order valence-corrected chi connectivity index (χ1v) is 8.32. The van der Waals surface area contributed by atoms with Gasteiger partial charge in [0.25, 0.3) is 0 Å². The molecule has 4 rings (SSSR count). The van der Waals surface area contributed by atoms with Crippen LogP contribution in [0.15, 0.2) is 30.5 Å². The Morgan fingerprint density at radius 2 is 2.33 bits per heavy atom. The standard InChI is InChI=1S/C15H15ClN4S/c16-12-5-6-14(21-12)20-13(9-10-3-1-7-17-10)19-11-4-2-8-18-15(11)20/h2,4-6,8,10,17H,1,3,7,9H2. The number of nitrogens with zero attached hydrogens (tertiary/aromatic N) is 3. The lowest BCUT2D eigenvalue weighted by Gasteiger charge is -2.11. The second-order valence-corrected chi connectivity index (χ2v) is 6.98. The van der Waals surface area contributed by atoms with Crippen molar-refractivity contribution in [1.82, 2.24) is 19.9 Å². The number of hydrogen-bond donors (Lipinski definition) is 1. The summed E-state index contributed by atoms with van der Waals surface area (Å²) >= 11 is 7.66. The van der Waals surface area contributed by atoms with Gasteiger partial charge in [0.15, 0.2) is 5.65 Å². The number of hydrogen-bond acceptors (Lipinski definition) is 4. The molecule has 3 aromatic heterocycles. The maximum absolute atomic E-state index is 6.10. The lowest BCUT2D eigenvalue weighted by Crippen LogP contribution is -2.25. The molecule has 0 amide bonds. The fraction of sp³-hybridized carbons (Fsp3) is 0.333. The average molecular weight is 319 g/mol. The van der Waals surface area contributed by atoms with E-state index in [1.807, 2.05) is 30.5 Å². The van der Waals surface area contributed by atoms with Crippen LogP contribution in [-0.2, 0) is 6.42 Å². The number of imidazole rings is 1. The zero-order valence-corrected chi connectivity index (χ0v) is 13.0. The predicted octanol–water partition coefficient (Wildman–Crippen LogP) is 3.43. The van der Waals surface area contributed by atoms with E-state index in [1.54, 1.807) is 11.3 Å². The first-order valence-electron chi connectivity index (χ1n) is 7.13. The molecule has 0 aliphatic carbocycles. The Morgan fingerprint density at radius 3 is 3.10 bits per heavy atom. The normalized spacial score (nSPS) is 18.6. The lowest BCUT2D eigenvalue weighted by molar-refractivity contribution is 0.583. The highest BCUT2D eigenvalue weighted by molar-refractivity contribution is 7.18. The summed E-state index contributed by atoms with van der Waals surface area (Å²) in [5, 5.41) is 4.61. The van der Waals surface area contributed by atoms with Gasteiger partial charge in [-0.05, 0) is 43.7 Å². The summed E-state index contributed by atoms with van der Waals surface area (Å²) < 4.78 is 2.93. The Bertz CT molecular complexity index is 773. The zero-order chi connectivity index (χ0) is 14.2. The summed E-state index contributed by atoms with van der Waals surface area (Å²) in [7, 11) is 0. The zero-order valence-electron chi connectivity index (χ0n) is 11.4. The molecule has 0 spiro atoms. The van der Waals surface area contributed by atoms with Gasteiger partial charge in [-0.25, -0.2) is 9.97 Å². The van der Waals surface area contributed by atoms with Crippen LogP contribution >= 0.6 is 22.9 Å². The molecule has 21 heavy (non-hydrogen) atoms. The number of rotatable bonds is 3. The molecule has 4 nitrogen and oxygen atoms in total. The minimum atomic E-state index is 0.510. The Balaban J connectivity index is 1.84. The fourth-order valence-corrected chi connectivity index (χ4v) is 3.96. The summed E-state index contributed by atoms with van der Waals surface area (Å²) in [6, 6.07) is 8.41. The van der Waals surface area contributed by atoms with Gasteiger partial charge in [0.05, 0.1) is 4.34 Å². The maximum Gasteiger partial charge on any atom is 0.165 e. The van der Waals surface area contributed by atoms with Crippen molar-refractivity contribution >= 4 is 34.1 Å². The van der Waals surface area contributed by atoms with Crippen LogP contribution in [0.25, 0.3) is 16.2 Å². The number of aromatic nitrogens is 3. The van der Waals surface area contributed by atoms with E-state index < -0.39 is 0 Å². The minimum Gasteiger partial charge on any atom is -0.314 e. The average Bonchev–Trinajstić information content (AvgIpc) is 3.18. The highest BCUT2D eigenvalue weighted by atomic mass is 35.5. The van der Waals surface area contributed by atoms with E-state index in [0.29, 0.717) is 6.04 Å². The van der Waals surface area contributed by atoms with Gasteiger partial charge >= 0.3 is 0 Å². The van der Waals surface area contributed by atoms with Crippen molar-refractivity contribution in [1.29, 1.82) is 0 Å². The van der Waals surface area contributed by atoms with E-state index in [9.17, 15) is 0 Å². The molecule has 1 atom stereocenters. The molecule has 1 fully saturated rings. The minimum absolute atomic E-state index is 0.510. The molecule has 4 heterocycles. The molecule has 108 valence electrons. The van der Waals surface area contributed by atoms with Crippen molar-refractivity contribution in [3.8, 4) is 5.00 Å². The van der Waals surface area contributed by atoms with Gasteiger partial charge in [-0.2, -0.15) is 0 Å². The van der Waals surface area contributed by atoms with Crippen LogP contribution in [-0.4, -0.2) is 27.1 Å². The number of pyridine rings is 1. The summed E-state index contributed by atoms with van der Waals surface area (Å²) in [4.78, 5) is 9.29. The third kappa shape index (κ3) is 2.46. The van der Waals surface area contributed by atoms with Crippen molar-refractivity contribution in [3.05, 3.63) is 40.6 Å². The van der Waals surface area contributed by atoms with Gasteiger partial charge in [-0.1, -0.05) is 11.6 Å². The third-order valence-electron chi connectivity index (χ3n) is 3.86. The van der Waals surface area contributed by atoms with Crippen molar-refractivity contribution in [2.45, 2.75) is 25.3 Å². The summed E-state index contributed by atoms with van der Waals surface area (Å²) in [5.74, 6) is 1.06. The Kier molecular flexibility index (Phi) is 3.41. The van der Waals surface area contributed by atoms with Crippen molar-refractivity contribution in [2.75, 3.05) is 6.54 Å². The Labute approximate surface area is 131 Å². The van der Waals surface area contributed by atoms with E-state index in [2.05, 4.69) is 14.9 Å². The maximum atomic E-state index is 6.10. The van der Waals surface area contributed by atoms with Crippen molar-refractivity contribution in [3.63, 3.8) is 0 Å². The van der Waals surface area contributed by atoms with Gasteiger partial charge in [0, 0.05) is 18.7 Å². The summed E-state index contributed by atoms with van der Waals surface area (Å²) in [6.45, 7) is 1.11. The molecule has 0 saturated carbocycles. The van der Waals surface area contributed by atoms with Crippen LogP contribution in [0.5, 0.6) is 0 Å². The molecular formula is C15H15ClN4S. The molecule has 1 saturated heterocycles. The monoisotopic (exact) mass is 318 g/mol. The first kappa shape index (κ1) is 13.2. The van der Waals surface area contributed by atoms with Crippen LogP contribution in [0.1, 0.15) is 18.7 Å². The predicted molar refractivity (Wildman–Crippen MR) is 86.5 cm³/mol. The summed E-state index contributed by atoms with van der Waals surface area (Å²) in [6.07, 6.45) is 5.19. The molecule has 1 unspecified atom stereocenters. The summed E-state index contributed by atoms with van der Waals surface area (Å²) in [5.41, 5.74) is 1.85. The molecular weight excluding hydrogens is 304 g/mol. The van der Waals surface area contributed by atoms with Gasteiger partial charge in [-0.3, -0.25) is 4.57 Å². The van der Waals surface area contributed by atoms with Gasteiger partial charge in [0.2, 0.25) is 0 Å². The molecule has 1 aliphatic heterocycles. The largest absolute Gasteiger partial charge is 0.314 e. The first-order chi connectivity index (χ1) is 10.3. The highest BCUT2D eigenvalue weighted by Gasteiger charge is 2.20. The van der Waals surface area contributed by atoms with Crippen molar-refractivity contribution in [2.24, 2.45) is 0 Å². The van der Waals surface area contributed by atoms with E-state index >= 15 is 0 Å². The third-order valence-corrected chi connectivity index (χ3v) is 5.07. The second-order valence-electron chi connectivity index (χ2n) is 5.28.